The first-order valence-electron chi connectivity index (χ1n) is 4.43. The maximum Gasteiger partial charge on any atom is 3.00 e. The molecule has 0 N–H and O–H groups in total. The van der Waals surface area contributed by atoms with E-state index in [0.717, 1.165) is 0 Å². The fourth-order valence-corrected chi connectivity index (χ4v) is 1.20. The number of carboxylic acids is 3. The molecule has 6 nitrogen and oxygen atoms in total. The molecular formula is C9Br9GaO6. The van der Waals surface area contributed by atoms with Crippen molar-refractivity contribution in [2.45, 2.75) is 0 Å². The first-order chi connectivity index (χ1) is 10.7. The molecule has 25 heavy (non-hydrogen) atoms. The van der Waals surface area contributed by atoms with Crippen LogP contribution in [-0.4, -0.2) is 37.7 Å². The van der Waals surface area contributed by atoms with Crippen LogP contribution in [0.25, 0.3) is 0 Å². The average Bonchev–Trinajstić information content (AvgIpc) is 2.45. The van der Waals surface area contributed by atoms with Gasteiger partial charge in [-0.15, -0.1) is 0 Å². The topological polar surface area (TPSA) is 120 Å². The summed E-state index contributed by atoms with van der Waals surface area (Å²) < 4.78 is 0.924. The Bertz CT molecular complexity index is 493. The van der Waals surface area contributed by atoms with Crippen molar-refractivity contribution >= 4 is 181 Å². The van der Waals surface area contributed by atoms with Gasteiger partial charge in [-0.25, -0.2) is 0 Å². The predicted octanol–water partition coefficient (Wildman–Crippen LogP) is 2.89. The zero-order valence-electron chi connectivity index (χ0n) is 10.9. The summed E-state index contributed by atoms with van der Waals surface area (Å²) >= 11 is 25.4. The van der Waals surface area contributed by atoms with Crippen molar-refractivity contribution in [1.29, 1.82) is 0 Å². The molecule has 0 heterocycles. The number of aliphatic carboxylic acids is 3. The summed E-state index contributed by atoms with van der Waals surface area (Å²) in [6, 6.07) is 0. The van der Waals surface area contributed by atoms with E-state index in [4.69, 9.17) is 0 Å². The molecule has 0 aromatic rings. The van der Waals surface area contributed by atoms with E-state index in [1.807, 2.05) is 0 Å². The SMILES string of the molecule is O=C([O-])C(Br)=C(Br)Br.O=C([O-])C(Br)=C(Br)Br.O=C([O-])C(Br)=C(Br)Br.[Ga+3]. The molecule has 138 valence electrons. The van der Waals surface area contributed by atoms with E-state index in [1.165, 1.54) is 0 Å². The van der Waals surface area contributed by atoms with Gasteiger partial charge >= 0.3 is 19.8 Å². The minimum Gasteiger partial charge on any atom is -0.544 e. The van der Waals surface area contributed by atoms with Gasteiger partial charge in [0.05, 0.1) is 41.5 Å². The average molecular weight is 993 g/mol. The summed E-state index contributed by atoms with van der Waals surface area (Å²) in [5.41, 5.74) is 0. The maximum atomic E-state index is 9.86. The van der Waals surface area contributed by atoms with Crippen molar-refractivity contribution in [3.8, 4) is 0 Å². The molecule has 0 radical (unpaired) electrons. The molecular weight excluding hydrogens is 993 g/mol. The molecule has 0 rings (SSSR count). The summed E-state index contributed by atoms with van der Waals surface area (Å²) in [5.74, 6) is -3.77. The molecule has 0 fully saturated rings. The third kappa shape index (κ3) is 22.7. The second-order valence-electron chi connectivity index (χ2n) is 2.59. The molecule has 0 atom stereocenters. The Morgan fingerprint density at radius 3 is 0.560 bits per heavy atom. The van der Waals surface area contributed by atoms with Gasteiger partial charge in [0.1, 0.15) is 0 Å². The van der Waals surface area contributed by atoms with Gasteiger partial charge in [-0.1, -0.05) is 0 Å². The van der Waals surface area contributed by atoms with E-state index in [2.05, 4.69) is 143 Å². The van der Waals surface area contributed by atoms with Gasteiger partial charge < -0.3 is 29.7 Å². The molecule has 0 amide bonds. The van der Waals surface area contributed by atoms with Gasteiger partial charge in [-0.3, -0.25) is 0 Å². The number of halogens is 9. The van der Waals surface area contributed by atoms with E-state index >= 15 is 0 Å². The molecule has 0 unspecified atom stereocenters. The molecule has 0 spiro atoms. The molecule has 0 aromatic heterocycles. The Kier molecular flexibility index (Phi) is 27.9. The molecule has 0 saturated carbocycles. The standard InChI is InChI=1S/3C3HBr3O2.Ga/c3*4-1(2(5)6)3(7)8;/h3*(H,7,8);/q;;;+3/p-3. The van der Waals surface area contributed by atoms with Gasteiger partial charge in [0.15, 0.2) is 0 Å². The Balaban J connectivity index is -0.000000130. The van der Waals surface area contributed by atoms with Gasteiger partial charge in [0.25, 0.3) is 0 Å². The second kappa shape index (κ2) is 19.9. The summed E-state index contributed by atoms with van der Waals surface area (Å²) in [6.45, 7) is 0. The minimum atomic E-state index is -1.26. The van der Waals surface area contributed by atoms with Crippen LogP contribution >= 0.6 is 143 Å². The fourth-order valence-electron chi connectivity index (χ4n) is 0.231. The third-order valence-corrected chi connectivity index (χ3v) is 8.77. The Morgan fingerprint density at radius 2 is 0.560 bits per heavy atom. The quantitative estimate of drug-likeness (QED) is 0.317. The molecule has 0 saturated heterocycles. The van der Waals surface area contributed by atoms with Gasteiger partial charge in [0, 0.05) is 0 Å². The number of hydrogen-bond acceptors (Lipinski definition) is 6. The van der Waals surface area contributed by atoms with E-state index in [1.54, 1.807) is 0 Å². The third-order valence-electron chi connectivity index (χ3n) is 1.04. The smallest absolute Gasteiger partial charge is 0.544 e. The van der Waals surface area contributed by atoms with Crippen LogP contribution in [0.1, 0.15) is 0 Å². The van der Waals surface area contributed by atoms with Crippen LogP contribution in [0.5, 0.6) is 0 Å². The molecule has 0 aromatic carbocycles. The Morgan fingerprint density at radius 1 is 0.440 bits per heavy atom. The number of carbonyl (C=O) groups excluding carboxylic acids is 3. The van der Waals surface area contributed by atoms with Crippen LogP contribution in [-0.2, 0) is 14.4 Å². The monoisotopic (exact) mass is 983 g/mol. The normalized spacial score (nSPS) is 8.04. The summed E-state index contributed by atoms with van der Waals surface area (Å²) in [6.07, 6.45) is 0. The fraction of sp³-hybridized carbons (Fsp3) is 0. The number of rotatable bonds is 3. The molecule has 0 aliphatic carbocycles. The first kappa shape index (κ1) is 35.1. The molecule has 0 aliphatic heterocycles. The zero-order chi connectivity index (χ0) is 20.2. The summed E-state index contributed by atoms with van der Waals surface area (Å²) in [7, 11) is 0. The van der Waals surface area contributed by atoms with E-state index in [-0.39, 0.29) is 33.2 Å². The molecule has 0 bridgehead atoms. The summed E-state index contributed by atoms with van der Waals surface area (Å²) in [5, 5.41) is 29.6. The van der Waals surface area contributed by atoms with E-state index in [9.17, 15) is 29.7 Å². The van der Waals surface area contributed by atoms with Crippen molar-refractivity contribution < 1.29 is 29.7 Å². The van der Waals surface area contributed by atoms with Crippen molar-refractivity contribution in [2.24, 2.45) is 0 Å². The van der Waals surface area contributed by atoms with Crippen LogP contribution in [0.4, 0.5) is 0 Å². The van der Waals surface area contributed by atoms with Crippen molar-refractivity contribution in [3.05, 3.63) is 23.6 Å². The summed E-state index contributed by atoms with van der Waals surface area (Å²) in [4.78, 5) is 29.6. The number of carboxylic acid groups (broad SMARTS) is 3. The predicted molar refractivity (Wildman–Crippen MR) is 122 cm³/mol. The second-order valence-corrected chi connectivity index (χ2v) is 12.9. The number of carbonyl (C=O) groups is 3. The van der Waals surface area contributed by atoms with Crippen LogP contribution in [0.3, 0.4) is 0 Å². The Hall–Kier alpha value is 2.59. The van der Waals surface area contributed by atoms with Crippen molar-refractivity contribution in [1.82, 2.24) is 0 Å². The van der Waals surface area contributed by atoms with E-state index < -0.39 is 17.9 Å². The number of hydrogen-bond donors (Lipinski definition) is 0. The van der Waals surface area contributed by atoms with Gasteiger partial charge in [0.2, 0.25) is 0 Å². The van der Waals surface area contributed by atoms with Gasteiger partial charge in [-0.2, -0.15) is 0 Å². The van der Waals surface area contributed by atoms with Crippen molar-refractivity contribution in [2.75, 3.05) is 0 Å². The van der Waals surface area contributed by atoms with E-state index in [0.29, 0.717) is 10.2 Å². The van der Waals surface area contributed by atoms with Crippen molar-refractivity contribution in [3.63, 3.8) is 0 Å². The molecule has 16 heteroatoms. The first-order valence-corrected chi connectivity index (χ1v) is 11.6. The molecule has 0 aliphatic rings. The zero-order valence-corrected chi connectivity index (χ0v) is 27.6. The van der Waals surface area contributed by atoms with Crippen LogP contribution in [0.2, 0.25) is 0 Å². The van der Waals surface area contributed by atoms with Gasteiger partial charge in [-0.05, 0) is 143 Å². The minimum absolute atomic E-state index is 0. The Labute approximate surface area is 230 Å². The van der Waals surface area contributed by atoms with Crippen LogP contribution < -0.4 is 15.3 Å². The largest absolute Gasteiger partial charge is 3.00 e. The van der Waals surface area contributed by atoms with Crippen LogP contribution in [0, 0.1) is 0 Å². The maximum absolute atomic E-state index is 9.86. The van der Waals surface area contributed by atoms with Crippen LogP contribution in [0.15, 0.2) is 23.6 Å².